The third-order valence-electron chi connectivity index (χ3n) is 5.19. The lowest BCUT2D eigenvalue weighted by molar-refractivity contribution is -0.119. The van der Waals surface area contributed by atoms with Crippen molar-refractivity contribution in [2.75, 3.05) is 18.0 Å². The normalized spacial score (nSPS) is 15.5. The molecule has 172 valence electrons. The number of hydrogen-bond acceptors (Lipinski definition) is 7. The Morgan fingerprint density at radius 2 is 2.15 bits per heavy atom. The Kier molecular flexibility index (Phi) is 6.57. The van der Waals surface area contributed by atoms with Crippen molar-refractivity contribution in [3.8, 4) is 22.6 Å². The van der Waals surface area contributed by atoms with Gasteiger partial charge in [0.1, 0.15) is 17.6 Å². The van der Waals surface area contributed by atoms with Gasteiger partial charge in [-0.2, -0.15) is 4.80 Å². The van der Waals surface area contributed by atoms with Crippen LogP contribution < -0.4 is 10.2 Å². The van der Waals surface area contributed by atoms with Gasteiger partial charge in [-0.15, -0.1) is 10.2 Å². The summed E-state index contributed by atoms with van der Waals surface area (Å²) in [6, 6.07) is 7.98. The third-order valence-corrected chi connectivity index (χ3v) is 5.19. The summed E-state index contributed by atoms with van der Waals surface area (Å²) in [5.74, 6) is -0.296. The number of anilines is 1. The molecular weight excluding hydrogens is 429 g/mol. The second-order valence-electron chi connectivity index (χ2n) is 7.71. The molecule has 2 aromatic heterocycles. The van der Waals surface area contributed by atoms with Crippen LogP contribution in [0.3, 0.4) is 0 Å². The van der Waals surface area contributed by atoms with Crippen molar-refractivity contribution >= 4 is 17.7 Å². The molecule has 1 aliphatic rings. The van der Waals surface area contributed by atoms with E-state index in [0.29, 0.717) is 34.9 Å². The number of pyridine rings is 1. The number of hydrogen-bond donors (Lipinski definition) is 1. The lowest BCUT2D eigenvalue weighted by Gasteiger charge is -2.14. The molecule has 0 radical (unpaired) electrons. The fourth-order valence-electron chi connectivity index (χ4n) is 3.43. The van der Waals surface area contributed by atoms with Gasteiger partial charge in [0.15, 0.2) is 0 Å². The number of cyclic esters (lactones) is 1. The molecule has 3 aromatic rings. The van der Waals surface area contributed by atoms with E-state index in [2.05, 4.69) is 32.6 Å². The minimum atomic E-state index is -0.581. The Morgan fingerprint density at radius 3 is 2.85 bits per heavy atom. The Morgan fingerprint density at radius 1 is 1.30 bits per heavy atom. The van der Waals surface area contributed by atoms with Crippen LogP contribution in [0, 0.1) is 5.82 Å². The van der Waals surface area contributed by atoms with E-state index in [-0.39, 0.29) is 19.0 Å². The van der Waals surface area contributed by atoms with Gasteiger partial charge in [0.2, 0.25) is 11.7 Å². The van der Waals surface area contributed by atoms with E-state index in [9.17, 15) is 14.0 Å². The second kappa shape index (κ2) is 9.72. The number of tetrazole rings is 1. The maximum Gasteiger partial charge on any atom is 0.414 e. The number of benzene rings is 1. The largest absolute Gasteiger partial charge is 0.442 e. The molecule has 1 fully saturated rings. The van der Waals surface area contributed by atoms with Crippen molar-refractivity contribution in [3.05, 3.63) is 42.3 Å². The van der Waals surface area contributed by atoms with Crippen LogP contribution in [0.5, 0.6) is 0 Å². The van der Waals surface area contributed by atoms with E-state index in [4.69, 9.17) is 4.74 Å². The summed E-state index contributed by atoms with van der Waals surface area (Å²) in [5.41, 5.74) is 1.85. The van der Waals surface area contributed by atoms with Gasteiger partial charge in [-0.05, 0) is 35.9 Å². The van der Waals surface area contributed by atoms with Crippen molar-refractivity contribution in [2.24, 2.45) is 0 Å². The molecule has 0 saturated carbocycles. The summed E-state index contributed by atoms with van der Waals surface area (Å²) in [7, 11) is 0. The van der Waals surface area contributed by atoms with Gasteiger partial charge in [0, 0.05) is 24.2 Å². The first-order valence-corrected chi connectivity index (χ1v) is 10.7. The predicted molar refractivity (Wildman–Crippen MR) is 118 cm³/mol. The van der Waals surface area contributed by atoms with Gasteiger partial charge in [-0.3, -0.25) is 14.7 Å². The van der Waals surface area contributed by atoms with Crippen LogP contribution in [0.4, 0.5) is 14.9 Å². The maximum absolute atomic E-state index is 14.9. The summed E-state index contributed by atoms with van der Waals surface area (Å²) in [6.07, 6.45) is 2.47. The predicted octanol–water partition coefficient (Wildman–Crippen LogP) is 2.80. The summed E-state index contributed by atoms with van der Waals surface area (Å²) >= 11 is 0. The smallest absolute Gasteiger partial charge is 0.414 e. The fourth-order valence-corrected chi connectivity index (χ4v) is 3.43. The highest BCUT2D eigenvalue weighted by Crippen LogP contribution is 2.29. The lowest BCUT2D eigenvalue weighted by Crippen LogP contribution is -2.33. The third kappa shape index (κ3) is 5.13. The number of aryl methyl sites for hydroxylation is 1. The van der Waals surface area contributed by atoms with Gasteiger partial charge < -0.3 is 10.1 Å². The van der Waals surface area contributed by atoms with E-state index in [1.165, 1.54) is 22.7 Å². The molecule has 1 atom stereocenters. The van der Waals surface area contributed by atoms with Crippen LogP contribution in [0.25, 0.3) is 22.6 Å². The average molecular weight is 453 g/mol. The average Bonchev–Trinajstić information content (AvgIpc) is 3.43. The van der Waals surface area contributed by atoms with Crippen LogP contribution in [-0.2, 0) is 16.1 Å². The first kappa shape index (κ1) is 22.3. The number of amides is 2. The summed E-state index contributed by atoms with van der Waals surface area (Å²) in [4.78, 5) is 30.5. The SMILES string of the molecule is CCCCn1nnc(-c2ccc(-c3ccc(N4C[C@H](CNC(C)=O)OC4=O)cc3F)cn2)n1. The first-order chi connectivity index (χ1) is 15.9. The number of nitrogens with one attached hydrogen (secondary N) is 1. The molecule has 2 amide bonds. The van der Waals surface area contributed by atoms with Crippen molar-refractivity contribution in [1.82, 2.24) is 30.5 Å². The highest BCUT2D eigenvalue weighted by atomic mass is 19.1. The van der Waals surface area contributed by atoms with E-state index in [0.717, 1.165) is 12.8 Å². The number of carbonyl (C=O) groups excluding carboxylic acids is 2. The minimum absolute atomic E-state index is 0.206. The highest BCUT2D eigenvalue weighted by Gasteiger charge is 2.32. The summed E-state index contributed by atoms with van der Waals surface area (Å²) in [5, 5.41) is 15.0. The number of unbranched alkanes of at least 4 members (excludes halogenated alkanes) is 1. The van der Waals surface area contributed by atoms with E-state index in [1.807, 2.05) is 0 Å². The Bertz CT molecular complexity index is 1150. The standard InChI is InChI=1S/C22H24FN7O3/c1-3-4-9-30-27-21(26-28-30)20-8-5-15(11-25-20)18-7-6-16(10-19(18)23)29-13-17(33-22(29)32)12-24-14(2)31/h5-8,10-11,17H,3-4,9,12-13H2,1-2H3,(H,24,31)/t17-/m0/s1. The number of carbonyl (C=O) groups is 2. The molecule has 0 aliphatic carbocycles. The van der Waals surface area contributed by atoms with E-state index in [1.54, 1.807) is 30.5 Å². The zero-order valence-corrected chi connectivity index (χ0v) is 18.4. The van der Waals surface area contributed by atoms with Gasteiger partial charge in [0.05, 0.1) is 25.3 Å². The maximum atomic E-state index is 14.9. The number of aromatic nitrogens is 5. The van der Waals surface area contributed by atoms with Crippen molar-refractivity contribution in [1.29, 1.82) is 0 Å². The van der Waals surface area contributed by atoms with Crippen LogP contribution in [0.15, 0.2) is 36.5 Å². The quantitative estimate of drug-likeness (QED) is 0.558. The van der Waals surface area contributed by atoms with Gasteiger partial charge in [-0.1, -0.05) is 19.4 Å². The van der Waals surface area contributed by atoms with Crippen LogP contribution in [0.1, 0.15) is 26.7 Å². The zero-order valence-electron chi connectivity index (χ0n) is 18.4. The van der Waals surface area contributed by atoms with Gasteiger partial charge >= 0.3 is 6.09 Å². The molecule has 0 bridgehead atoms. The molecule has 1 aromatic carbocycles. The Hall–Kier alpha value is -3.89. The number of ether oxygens (including phenoxy) is 1. The molecule has 33 heavy (non-hydrogen) atoms. The number of nitrogens with zero attached hydrogens (tertiary/aromatic N) is 6. The molecule has 1 saturated heterocycles. The van der Waals surface area contributed by atoms with Crippen molar-refractivity contribution < 1.29 is 18.7 Å². The molecule has 0 spiro atoms. The molecule has 11 heteroatoms. The minimum Gasteiger partial charge on any atom is -0.442 e. The number of rotatable bonds is 8. The van der Waals surface area contributed by atoms with Crippen molar-refractivity contribution in [2.45, 2.75) is 39.3 Å². The van der Waals surface area contributed by atoms with Gasteiger partial charge in [-0.25, -0.2) is 9.18 Å². The van der Waals surface area contributed by atoms with Gasteiger partial charge in [0.25, 0.3) is 0 Å². The van der Waals surface area contributed by atoms with Crippen molar-refractivity contribution in [3.63, 3.8) is 0 Å². The second-order valence-corrected chi connectivity index (χ2v) is 7.71. The molecule has 0 unspecified atom stereocenters. The Labute approximate surface area is 189 Å². The molecular formula is C22H24FN7O3. The first-order valence-electron chi connectivity index (χ1n) is 10.7. The van der Waals surface area contributed by atoms with Crippen LogP contribution in [-0.4, -0.2) is 56.4 Å². The molecule has 1 N–H and O–H groups in total. The number of halogens is 1. The molecule has 1 aliphatic heterocycles. The highest BCUT2D eigenvalue weighted by molar-refractivity contribution is 5.90. The Balaban J connectivity index is 1.46. The molecule has 4 rings (SSSR count). The lowest BCUT2D eigenvalue weighted by atomic mass is 10.1. The fraction of sp³-hybridized carbons (Fsp3) is 0.364. The van der Waals surface area contributed by atoms with Crippen LogP contribution >= 0.6 is 0 Å². The topological polar surface area (TPSA) is 115 Å². The summed E-state index contributed by atoms with van der Waals surface area (Å²) in [6.45, 7) is 4.60. The summed E-state index contributed by atoms with van der Waals surface area (Å²) < 4.78 is 20.1. The van der Waals surface area contributed by atoms with E-state index >= 15 is 0 Å². The van der Waals surface area contributed by atoms with E-state index < -0.39 is 18.0 Å². The monoisotopic (exact) mass is 453 g/mol. The molecule has 10 nitrogen and oxygen atoms in total. The van der Waals surface area contributed by atoms with Crippen LogP contribution in [0.2, 0.25) is 0 Å². The zero-order chi connectivity index (χ0) is 23.4. The molecule has 3 heterocycles.